The summed E-state index contributed by atoms with van der Waals surface area (Å²) in [5, 5.41) is 3.52. The molecule has 1 fully saturated rings. The Morgan fingerprint density at radius 2 is 1.95 bits per heavy atom. The van der Waals surface area contributed by atoms with Gasteiger partial charge in [0.15, 0.2) is 11.5 Å². The van der Waals surface area contributed by atoms with Crippen LogP contribution in [0.1, 0.15) is 32.3 Å². The van der Waals surface area contributed by atoms with Gasteiger partial charge in [0.1, 0.15) is 6.61 Å². The molecule has 1 aromatic rings. The van der Waals surface area contributed by atoms with Crippen molar-refractivity contribution in [2.24, 2.45) is 0 Å². The fourth-order valence-electron chi connectivity index (χ4n) is 2.02. The van der Waals surface area contributed by atoms with Gasteiger partial charge in [0, 0.05) is 24.8 Å². The van der Waals surface area contributed by atoms with Gasteiger partial charge in [-0.1, -0.05) is 12.1 Å². The van der Waals surface area contributed by atoms with E-state index >= 15 is 0 Å². The lowest BCUT2D eigenvalue weighted by molar-refractivity contribution is 0.108. The van der Waals surface area contributed by atoms with E-state index in [0.717, 1.165) is 23.6 Å². The highest BCUT2D eigenvalue weighted by Crippen LogP contribution is 2.32. The molecule has 1 N–H and O–H groups in total. The van der Waals surface area contributed by atoms with Crippen LogP contribution >= 0.6 is 0 Å². The topological polar surface area (TPSA) is 39.7 Å². The lowest BCUT2D eigenvalue weighted by atomic mass is 10.2. The van der Waals surface area contributed by atoms with Crippen LogP contribution in [0, 0.1) is 0 Å². The summed E-state index contributed by atoms with van der Waals surface area (Å²) in [6.45, 7) is 7.31. The van der Waals surface area contributed by atoms with Gasteiger partial charge in [0.2, 0.25) is 0 Å². The highest BCUT2D eigenvalue weighted by atomic mass is 16.5. The van der Waals surface area contributed by atoms with Crippen molar-refractivity contribution in [2.75, 3.05) is 26.4 Å². The molecular formula is C16H25NO3. The van der Waals surface area contributed by atoms with Crippen molar-refractivity contribution in [2.45, 2.75) is 39.3 Å². The summed E-state index contributed by atoms with van der Waals surface area (Å²) in [6, 6.07) is 6.75. The zero-order valence-corrected chi connectivity index (χ0v) is 12.5. The van der Waals surface area contributed by atoms with Crippen molar-refractivity contribution in [1.82, 2.24) is 5.32 Å². The summed E-state index contributed by atoms with van der Waals surface area (Å²) in [7, 11) is 0. The molecule has 0 spiro atoms. The zero-order valence-electron chi connectivity index (χ0n) is 12.5. The molecule has 0 atom stereocenters. The molecular weight excluding hydrogens is 254 g/mol. The summed E-state index contributed by atoms with van der Waals surface area (Å²) in [4.78, 5) is 0. The second kappa shape index (κ2) is 8.12. The summed E-state index contributed by atoms with van der Waals surface area (Å²) < 4.78 is 16.9. The smallest absolute Gasteiger partial charge is 0.165 e. The molecule has 0 aromatic heterocycles. The summed E-state index contributed by atoms with van der Waals surface area (Å²) in [5.41, 5.74) is 1.15. The van der Waals surface area contributed by atoms with Crippen molar-refractivity contribution in [1.29, 1.82) is 0 Å². The van der Waals surface area contributed by atoms with Gasteiger partial charge in [-0.2, -0.15) is 0 Å². The molecule has 0 radical (unpaired) electrons. The number of hydrogen-bond acceptors (Lipinski definition) is 4. The molecule has 4 heteroatoms. The third-order valence-electron chi connectivity index (χ3n) is 3.20. The molecule has 0 amide bonds. The van der Waals surface area contributed by atoms with E-state index in [-0.39, 0.29) is 0 Å². The zero-order chi connectivity index (χ0) is 14.2. The van der Waals surface area contributed by atoms with Crippen LogP contribution in [0.25, 0.3) is 0 Å². The molecule has 2 rings (SSSR count). The monoisotopic (exact) mass is 279 g/mol. The first-order valence-electron chi connectivity index (χ1n) is 7.53. The maximum absolute atomic E-state index is 5.89. The van der Waals surface area contributed by atoms with E-state index in [0.29, 0.717) is 32.5 Å². The number of hydrogen-bond donors (Lipinski definition) is 1. The minimum Gasteiger partial charge on any atom is -0.490 e. The van der Waals surface area contributed by atoms with Gasteiger partial charge in [0.25, 0.3) is 0 Å². The molecule has 1 saturated carbocycles. The van der Waals surface area contributed by atoms with E-state index in [1.165, 1.54) is 12.8 Å². The summed E-state index contributed by atoms with van der Waals surface area (Å²) in [5.74, 6) is 1.67. The number of nitrogens with one attached hydrogen (secondary N) is 1. The molecule has 0 bridgehead atoms. The third kappa shape index (κ3) is 4.69. The molecule has 0 unspecified atom stereocenters. The SMILES string of the molecule is CCOCCOc1c(CNC2CC2)cccc1OCC. The van der Waals surface area contributed by atoms with Crippen LogP contribution in [-0.4, -0.2) is 32.5 Å². The number of ether oxygens (including phenoxy) is 3. The van der Waals surface area contributed by atoms with Crippen LogP contribution in [0.3, 0.4) is 0 Å². The van der Waals surface area contributed by atoms with Crippen molar-refractivity contribution in [3.8, 4) is 11.5 Å². The van der Waals surface area contributed by atoms with Crippen LogP contribution in [-0.2, 0) is 11.3 Å². The van der Waals surface area contributed by atoms with E-state index in [9.17, 15) is 0 Å². The molecule has 20 heavy (non-hydrogen) atoms. The van der Waals surface area contributed by atoms with Gasteiger partial charge < -0.3 is 19.5 Å². The minimum absolute atomic E-state index is 0.550. The van der Waals surface area contributed by atoms with Crippen LogP contribution in [0.15, 0.2) is 18.2 Å². The fraction of sp³-hybridized carbons (Fsp3) is 0.625. The van der Waals surface area contributed by atoms with Crippen LogP contribution < -0.4 is 14.8 Å². The Morgan fingerprint density at radius 1 is 1.10 bits per heavy atom. The highest BCUT2D eigenvalue weighted by molar-refractivity contribution is 5.46. The minimum atomic E-state index is 0.550. The van der Waals surface area contributed by atoms with Gasteiger partial charge in [-0.25, -0.2) is 0 Å². The summed E-state index contributed by atoms with van der Waals surface area (Å²) in [6.07, 6.45) is 2.57. The molecule has 1 aliphatic rings. The predicted octanol–water partition coefficient (Wildman–Crippen LogP) is 2.75. The first kappa shape index (κ1) is 15.1. The average Bonchev–Trinajstić information content (AvgIpc) is 3.27. The fourth-order valence-corrected chi connectivity index (χ4v) is 2.02. The Balaban J connectivity index is 2.00. The normalized spacial score (nSPS) is 14.3. The highest BCUT2D eigenvalue weighted by Gasteiger charge is 2.21. The Bertz CT molecular complexity index is 405. The molecule has 112 valence electrons. The lowest BCUT2D eigenvalue weighted by Crippen LogP contribution is -2.17. The predicted molar refractivity (Wildman–Crippen MR) is 79.5 cm³/mol. The van der Waals surface area contributed by atoms with E-state index in [2.05, 4.69) is 11.4 Å². The first-order chi connectivity index (χ1) is 9.85. The van der Waals surface area contributed by atoms with E-state index in [1.807, 2.05) is 26.0 Å². The Labute approximate surface area is 121 Å². The Hall–Kier alpha value is -1.26. The Morgan fingerprint density at radius 3 is 2.65 bits per heavy atom. The van der Waals surface area contributed by atoms with Gasteiger partial charge in [-0.15, -0.1) is 0 Å². The first-order valence-corrected chi connectivity index (χ1v) is 7.53. The number of para-hydroxylation sites is 1. The molecule has 0 heterocycles. The number of benzene rings is 1. The maximum Gasteiger partial charge on any atom is 0.165 e. The van der Waals surface area contributed by atoms with Crippen molar-refractivity contribution >= 4 is 0 Å². The van der Waals surface area contributed by atoms with Crippen molar-refractivity contribution in [3.05, 3.63) is 23.8 Å². The van der Waals surface area contributed by atoms with Crippen LogP contribution in [0.2, 0.25) is 0 Å². The number of rotatable bonds is 10. The maximum atomic E-state index is 5.89. The van der Waals surface area contributed by atoms with Crippen LogP contribution in [0.5, 0.6) is 11.5 Å². The molecule has 0 saturated heterocycles. The summed E-state index contributed by atoms with van der Waals surface area (Å²) >= 11 is 0. The van der Waals surface area contributed by atoms with Gasteiger partial charge in [0.05, 0.1) is 13.2 Å². The van der Waals surface area contributed by atoms with E-state index in [4.69, 9.17) is 14.2 Å². The lowest BCUT2D eigenvalue weighted by Gasteiger charge is -2.16. The van der Waals surface area contributed by atoms with Crippen molar-refractivity contribution < 1.29 is 14.2 Å². The average molecular weight is 279 g/mol. The second-order valence-electron chi connectivity index (χ2n) is 4.88. The molecule has 4 nitrogen and oxygen atoms in total. The Kier molecular flexibility index (Phi) is 6.15. The third-order valence-corrected chi connectivity index (χ3v) is 3.20. The second-order valence-corrected chi connectivity index (χ2v) is 4.88. The van der Waals surface area contributed by atoms with Crippen LogP contribution in [0.4, 0.5) is 0 Å². The van der Waals surface area contributed by atoms with E-state index in [1.54, 1.807) is 0 Å². The van der Waals surface area contributed by atoms with Crippen molar-refractivity contribution in [3.63, 3.8) is 0 Å². The van der Waals surface area contributed by atoms with Gasteiger partial charge >= 0.3 is 0 Å². The largest absolute Gasteiger partial charge is 0.490 e. The van der Waals surface area contributed by atoms with Gasteiger partial charge in [-0.05, 0) is 32.8 Å². The molecule has 1 aromatic carbocycles. The molecule has 0 aliphatic heterocycles. The molecule has 1 aliphatic carbocycles. The standard InChI is InChI=1S/C16H25NO3/c1-3-18-10-11-20-16-13(12-17-14-8-9-14)6-5-7-15(16)19-4-2/h5-7,14,17H,3-4,8-12H2,1-2H3. The quantitative estimate of drug-likeness (QED) is 0.669. The van der Waals surface area contributed by atoms with Gasteiger partial charge in [-0.3, -0.25) is 0 Å². The van der Waals surface area contributed by atoms with E-state index < -0.39 is 0 Å².